The summed E-state index contributed by atoms with van der Waals surface area (Å²) in [4.78, 5) is 28.5. The number of carboxylic acid groups (broad SMARTS) is 1. The fraction of sp³-hybridized carbons (Fsp3) is 0.182. The van der Waals surface area contributed by atoms with E-state index in [0.29, 0.717) is 11.3 Å². The van der Waals surface area contributed by atoms with Crippen molar-refractivity contribution in [3.8, 4) is 0 Å². The number of fused-ring (bicyclic) bond motifs is 1. The molecule has 3 aromatic carbocycles. The molecule has 2 aromatic heterocycles. The number of amides is 1. The number of benzene rings is 3. The Kier molecular flexibility index (Phi) is 8.03. The second kappa shape index (κ2) is 12.0. The molecule has 0 bridgehead atoms. The molecule has 0 spiro atoms. The number of aryl methyl sites for hydroxylation is 2. The summed E-state index contributed by atoms with van der Waals surface area (Å²) in [5.74, 6) is -0.697. The number of hydrogen-bond acceptors (Lipinski definition) is 5. The van der Waals surface area contributed by atoms with Crippen LogP contribution in [0.3, 0.4) is 0 Å². The third-order valence-electron chi connectivity index (χ3n) is 6.78. The average Bonchev–Trinajstić information content (AvgIpc) is 3.36. The zero-order chi connectivity index (χ0) is 28.1. The topological polar surface area (TPSA) is 102 Å². The van der Waals surface area contributed by atoms with Gasteiger partial charge < -0.3 is 19.6 Å². The standard InChI is InChI=1S/C33H30N2O5/c1-21-8-10-27(22(2)16-21)32(24-6-4-3-5-7-24)35-30(36)18-23-9-11-28-26(17-23)19-29(40-28)33(39-20-31(37)38)25-12-14-34-15-13-25/h3-17,19,32-33H,18,20H2,1-2H3,(H,35,36)(H,37,38). The van der Waals surface area contributed by atoms with Gasteiger partial charge in [0.05, 0.1) is 12.5 Å². The number of hydrogen-bond donors (Lipinski definition) is 2. The lowest BCUT2D eigenvalue weighted by Crippen LogP contribution is -2.31. The van der Waals surface area contributed by atoms with Gasteiger partial charge in [-0.05, 0) is 72.0 Å². The number of rotatable bonds is 10. The van der Waals surface area contributed by atoms with E-state index in [-0.39, 0.29) is 18.4 Å². The molecule has 0 aliphatic carbocycles. The molecule has 0 aliphatic heterocycles. The molecule has 40 heavy (non-hydrogen) atoms. The Hall–Kier alpha value is -4.75. The molecule has 0 fully saturated rings. The van der Waals surface area contributed by atoms with Crippen LogP contribution in [0.1, 0.15) is 51.3 Å². The van der Waals surface area contributed by atoms with Crippen molar-refractivity contribution >= 4 is 22.8 Å². The first-order valence-corrected chi connectivity index (χ1v) is 13.0. The number of furan rings is 1. The summed E-state index contributed by atoms with van der Waals surface area (Å²) in [5.41, 5.74) is 6.55. The van der Waals surface area contributed by atoms with E-state index in [1.165, 1.54) is 5.56 Å². The molecule has 2 heterocycles. The molecule has 5 rings (SSSR count). The van der Waals surface area contributed by atoms with Crippen LogP contribution in [0, 0.1) is 13.8 Å². The van der Waals surface area contributed by atoms with Crippen LogP contribution >= 0.6 is 0 Å². The van der Waals surface area contributed by atoms with Gasteiger partial charge in [-0.25, -0.2) is 4.79 Å². The highest BCUT2D eigenvalue weighted by atomic mass is 16.5. The zero-order valence-electron chi connectivity index (χ0n) is 22.3. The average molecular weight is 535 g/mol. The Morgan fingerprint density at radius 1 is 0.925 bits per heavy atom. The molecule has 2 atom stereocenters. The molecular formula is C33H30N2O5. The Labute approximate surface area is 232 Å². The van der Waals surface area contributed by atoms with Gasteiger partial charge in [-0.2, -0.15) is 0 Å². The molecule has 0 saturated heterocycles. The van der Waals surface area contributed by atoms with Crippen molar-refractivity contribution in [1.29, 1.82) is 0 Å². The third-order valence-corrected chi connectivity index (χ3v) is 6.78. The molecule has 0 aliphatic rings. The zero-order valence-corrected chi connectivity index (χ0v) is 22.3. The SMILES string of the molecule is Cc1ccc(C(NC(=O)Cc2ccc3oc(C(OCC(=O)O)c4ccncc4)cc3c2)c2ccccc2)c(C)c1. The number of aromatic nitrogens is 1. The summed E-state index contributed by atoms with van der Waals surface area (Å²) in [6.07, 6.45) is 2.72. The molecule has 2 unspecified atom stereocenters. The van der Waals surface area contributed by atoms with Gasteiger partial charge in [0.2, 0.25) is 5.91 Å². The van der Waals surface area contributed by atoms with Gasteiger partial charge in [0.1, 0.15) is 24.1 Å². The van der Waals surface area contributed by atoms with Gasteiger partial charge in [-0.3, -0.25) is 9.78 Å². The smallest absolute Gasteiger partial charge is 0.329 e. The van der Waals surface area contributed by atoms with Gasteiger partial charge in [0, 0.05) is 17.8 Å². The summed E-state index contributed by atoms with van der Waals surface area (Å²) in [5, 5.41) is 13.2. The van der Waals surface area contributed by atoms with Gasteiger partial charge in [0.25, 0.3) is 0 Å². The summed E-state index contributed by atoms with van der Waals surface area (Å²) < 4.78 is 11.7. The van der Waals surface area contributed by atoms with E-state index >= 15 is 0 Å². The highest BCUT2D eigenvalue weighted by Gasteiger charge is 2.22. The monoisotopic (exact) mass is 534 g/mol. The summed E-state index contributed by atoms with van der Waals surface area (Å²) in [6, 6.07) is 26.9. The first-order valence-electron chi connectivity index (χ1n) is 13.0. The fourth-order valence-corrected chi connectivity index (χ4v) is 4.92. The molecule has 0 radical (unpaired) electrons. The first kappa shape index (κ1) is 26.8. The maximum Gasteiger partial charge on any atom is 0.329 e. The minimum Gasteiger partial charge on any atom is -0.480 e. The Balaban J connectivity index is 1.38. The lowest BCUT2D eigenvalue weighted by atomic mass is 9.93. The van der Waals surface area contributed by atoms with Crippen LogP contribution in [0.4, 0.5) is 0 Å². The van der Waals surface area contributed by atoms with Gasteiger partial charge in [-0.1, -0.05) is 60.2 Å². The molecule has 2 N–H and O–H groups in total. The van der Waals surface area contributed by atoms with Crippen molar-refractivity contribution in [2.24, 2.45) is 0 Å². The van der Waals surface area contributed by atoms with E-state index in [4.69, 9.17) is 14.3 Å². The number of aliphatic carboxylic acids is 1. The van der Waals surface area contributed by atoms with Crippen LogP contribution in [-0.2, 0) is 20.7 Å². The fourth-order valence-electron chi connectivity index (χ4n) is 4.92. The van der Waals surface area contributed by atoms with E-state index in [0.717, 1.165) is 33.2 Å². The number of nitrogens with zero attached hydrogens (tertiary/aromatic N) is 1. The van der Waals surface area contributed by atoms with E-state index in [1.54, 1.807) is 24.5 Å². The molecular weight excluding hydrogens is 504 g/mol. The molecule has 5 aromatic rings. The lowest BCUT2D eigenvalue weighted by Gasteiger charge is -2.22. The Bertz CT molecular complexity index is 1630. The Morgan fingerprint density at radius 2 is 1.70 bits per heavy atom. The number of carboxylic acids is 1. The maximum absolute atomic E-state index is 13.3. The van der Waals surface area contributed by atoms with Crippen molar-refractivity contribution in [3.05, 3.63) is 136 Å². The van der Waals surface area contributed by atoms with Crippen molar-refractivity contribution < 1.29 is 23.8 Å². The number of pyridine rings is 1. The van der Waals surface area contributed by atoms with E-state index in [1.807, 2.05) is 54.6 Å². The second-order valence-electron chi connectivity index (χ2n) is 9.83. The van der Waals surface area contributed by atoms with Crippen LogP contribution in [-0.4, -0.2) is 28.6 Å². The largest absolute Gasteiger partial charge is 0.480 e. The minimum absolute atomic E-state index is 0.101. The normalized spacial score (nSPS) is 12.7. The molecule has 1 amide bonds. The van der Waals surface area contributed by atoms with Gasteiger partial charge >= 0.3 is 5.97 Å². The molecule has 202 valence electrons. The summed E-state index contributed by atoms with van der Waals surface area (Å²) in [7, 11) is 0. The number of carbonyl (C=O) groups is 2. The van der Waals surface area contributed by atoms with Crippen LogP contribution < -0.4 is 5.32 Å². The van der Waals surface area contributed by atoms with Crippen molar-refractivity contribution in [2.75, 3.05) is 6.61 Å². The predicted molar refractivity (Wildman–Crippen MR) is 152 cm³/mol. The number of carbonyl (C=O) groups excluding carboxylic acids is 1. The second-order valence-corrected chi connectivity index (χ2v) is 9.83. The van der Waals surface area contributed by atoms with E-state index in [9.17, 15) is 9.59 Å². The van der Waals surface area contributed by atoms with E-state index in [2.05, 4.69) is 42.3 Å². The van der Waals surface area contributed by atoms with Crippen LogP contribution in [0.25, 0.3) is 11.0 Å². The summed E-state index contributed by atoms with van der Waals surface area (Å²) in [6.45, 7) is 3.65. The number of ether oxygens (including phenoxy) is 1. The van der Waals surface area contributed by atoms with Crippen LogP contribution in [0.2, 0.25) is 0 Å². The third kappa shape index (κ3) is 6.27. The van der Waals surface area contributed by atoms with Crippen LogP contribution in [0.15, 0.2) is 102 Å². The highest BCUT2D eigenvalue weighted by Crippen LogP contribution is 2.32. The van der Waals surface area contributed by atoms with Gasteiger partial charge in [-0.15, -0.1) is 0 Å². The molecule has 0 saturated carbocycles. The molecule has 7 heteroatoms. The minimum atomic E-state index is -1.07. The summed E-state index contributed by atoms with van der Waals surface area (Å²) >= 11 is 0. The van der Waals surface area contributed by atoms with Crippen molar-refractivity contribution in [2.45, 2.75) is 32.4 Å². The van der Waals surface area contributed by atoms with Crippen LogP contribution in [0.5, 0.6) is 0 Å². The van der Waals surface area contributed by atoms with E-state index < -0.39 is 18.7 Å². The molecule has 7 nitrogen and oxygen atoms in total. The Morgan fingerprint density at radius 3 is 2.42 bits per heavy atom. The first-order chi connectivity index (χ1) is 19.4. The quantitative estimate of drug-likeness (QED) is 0.225. The lowest BCUT2D eigenvalue weighted by molar-refractivity contribution is -0.143. The van der Waals surface area contributed by atoms with Crippen molar-refractivity contribution in [1.82, 2.24) is 10.3 Å². The number of nitrogens with one attached hydrogen (secondary N) is 1. The highest BCUT2D eigenvalue weighted by molar-refractivity contribution is 5.83. The van der Waals surface area contributed by atoms with Crippen molar-refractivity contribution in [3.63, 3.8) is 0 Å². The predicted octanol–water partition coefficient (Wildman–Crippen LogP) is 6.08. The maximum atomic E-state index is 13.3. The van der Waals surface area contributed by atoms with Gasteiger partial charge in [0.15, 0.2) is 0 Å².